The van der Waals surface area contributed by atoms with Gasteiger partial charge in [-0.05, 0) is 29.8 Å². The van der Waals surface area contributed by atoms with Crippen molar-refractivity contribution in [2.45, 2.75) is 0 Å². The van der Waals surface area contributed by atoms with Crippen LogP contribution in [-0.2, 0) is 0 Å². The summed E-state index contributed by atoms with van der Waals surface area (Å²) in [6, 6.07) is 9.00. The summed E-state index contributed by atoms with van der Waals surface area (Å²) < 4.78 is 10.7. The topological polar surface area (TPSA) is 87.3 Å². The molecular weight excluding hydrogens is 282 g/mol. The summed E-state index contributed by atoms with van der Waals surface area (Å²) in [7, 11) is 0. The molecule has 22 heavy (non-hydrogen) atoms. The Kier molecular flexibility index (Phi) is 2.69. The van der Waals surface area contributed by atoms with E-state index in [1.54, 1.807) is 24.5 Å². The highest BCUT2D eigenvalue weighted by Crippen LogP contribution is 2.37. The summed E-state index contributed by atoms with van der Waals surface area (Å²) in [5, 5.41) is 0.833. The van der Waals surface area contributed by atoms with Crippen LogP contribution >= 0.6 is 0 Å². The number of rotatable bonds is 2. The van der Waals surface area contributed by atoms with Crippen molar-refractivity contribution < 1.29 is 14.3 Å². The lowest BCUT2D eigenvalue weighted by molar-refractivity contribution is 0.0996. The van der Waals surface area contributed by atoms with Gasteiger partial charge < -0.3 is 15.2 Å². The second kappa shape index (κ2) is 4.70. The first-order valence-corrected chi connectivity index (χ1v) is 6.67. The number of nitrogens with two attached hydrogens (primary N) is 1. The first-order valence-electron chi connectivity index (χ1n) is 6.67. The molecule has 0 fully saturated rings. The second-order valence-electron chi connectivity index (χ2n) is 4.89. The number of ether oxygens (including phenoxy) is 2. The smallest absolute Gasteiger partial charge is 0.267 e. The Labute approximate surface area is 125 Å². The van der Waals surface area contributed by atoms with Crippen molar-refractivity contribution in [2.75, 3.05) is 6.79 Å². The van der Waals surface area contributed by atoms with Crippen LogP contribution in [0.25, 0.3) is 22.0 Å². The minimum atomic E-state index is -0.560. The zero-order valence-electron chi connectivity index (χ0n) is 11.4. The van der Waals surface area contributed by atoms with Gasteiger partial charge in [0.15, 0.2) is 11.5 Å². The van der Waals surface area contributed by atoms with Crippen molar-refractivity contribution in [1.29, 1.82) is 0 Å². The van der Waals surface area contributed by atoms with E-state index in [9.17, 15) is 4.79 Å². The van der Waals surface area contributed by atoms with Crippen molar-refractivity contribution in [3.63, 3.8) is 0 Å². The van der Waals surface area contributed by atoms with Crippen LogP contribution in [0.5, 0.6) is 11.5 Å². The lowest BCUT2D eigenvalue weighted by atomic mass is 10.0. The van der Waals surface area contributed by atoms with E-state index in [-0.39, 0.29) is 12.5 Å². The van der Waals surface area contributed by atoms with Crippen molar-refractivity contribution >= 4 is 16.8 Å². The van der Waals surface area contributed by atoms with E-state index in [1.165, 1.54) is 0 Å². The van der Waals surface area contributed by atoms with Gasteiger partial charge in [0.2, 0.25) is 6.79 Å². The van der Waals surface area contributed by atoms with Gasteiger partial charge in [-0.2, -0.15) is 0 Å². The molecule has 6 nitrogen and oxygen atoms in total. The van der Waals surface area contributed by atoms with Gasteiger partial charge in [0.25, 0.3) is 5.91 Å². The van der Waals surface area contributed by atoms with Gasteiger partial charge in [0, 0.05) is 23.3 Å². The molecule has 3 aromatic rings. The number of carbonyl (C=O) groups is 1. The number of benzene rings is 1. The SMILES string of the molecule is NC(=O)c1ccc2cncc(-c3ccc4c(c3)OCO4)c2n1. The largest absolute Gasteiger partial charge is 0.454 e. The molecule has 2 N–H and O–H groups in total. The van der Waals surface area contributed by atoms with Gasteiger partial charge in [-0.1, -0.05) is 6.07 Å². The van der Waals surface area contributed by atoms with E-state index in [4.69, 9.17) is 15.2 Å². The number of hydrogen-bond donors (Lipinski definition) is 1. The Morgan fingerprint density at radius 2 is 1.95 bits per heavy atom. The first kappa shape index (κ1) is 12.6. The van der Waals surface area contributed by atoms with E-state index in [1.807, 2.05) is 18.2 Å². The minimum absolute atomic E-state index is 0.219. The van der Waals surface area contributed by atoms with Crippen LogP contribution in [0.1, 0.15) is 10.5 Å². The Hall–Kier alpha value is -3.15. The number of carbonyl (C=O) groups excluding carboxylic acids is 1. The Balaban J connectivity index is 1.94. The van der Waals surface area contributed by atoms with Crippen molar-refractivity contribution in [3.8, 4) is 22.6 Å². The average molecular weight is 293 g/mol. The van der Waals surface area contributed by atoms with Gasteiger partial charge >= 0.3 is 0 Å². The van der Waals surface area contributed by atoms with Gasteiger partial charge in [0.05, 0.1) is 5.52 Å². The summed E-state index contributed by atoms with van der Waals surface area (Å²) in [5.41, 5.74) is 7.90. The Morgan fingerprint density at radius 3 is 2.82 bits per heavy atom. The first-order chi connectivity index (χ1) is 10.7. The third kappa shape index (κ3) is 1.93. The highest BCUT2D eigenvalue weighted by Gasteiger charge is 2.16. The van der Waals surface area contributed by atoms with Crippen molar-refractivity contribution in [3.05, 3.63) is 48.4 Å². The highest BCUT2D eigenvalue weighted by atomic mass is 16.7. The fraction of sp³-hybridized carbons (Fsp3) is 0.0625. The number of amides is 1. The number of hydrogen-bond acceptors (Lipinski definition) is 5. The summed E-state index contributed by atoms with van der Waals surface area (Å²) in [4.78, 5) is 19.9. The summed E-state index contributed by atoms with van der Waals surface area (Å²) >= 11 is 0. The third-order valence-electron chi connectivity index (χ3n) is 3.53. The predicted molar refractivity (Wildman–Crippen MR) is 79.6 cm³/mol. The number of primary amides is 1. The fourth-order valence-electron chi connectivity index (χ4n) is 2.46. The Bertz CT molecular complexity index is 908. The number of aromatic nitrogens is 2. The third-order valence-corrected chi connectivity index (χ3v) is 3.53. The molecule has 0 aliphatic carbocycles. The minimum Gasteiger partial charge on any atom is -0.454 e. The summed E-state index contributed by atoms with van der Waals surface area (Å²) in [6.07, 6.45) is 3.40. The van der Waals surface area contributed by atoms with Gasteiger partial charge in [0.1, 0.15) is 5.69 Å². The normalized spacial score (nSPS) is 12.5. The number of fused-ring (bicyclic) bond motifs is 2. The fourth-order valence-corrected chi connectivity index (χ4v) is 2.46. The molecule has 0 bridgehead atoms. The maximum Gasteiger partial charge on any atom is 0.267 e. The van der Waals surface area contributed by atoms with E-state index < -0.39 is 5.91 Å². The molecule has 0 spiro atoms. The predicted octanol–water partition coefficient (Wildman–Crippen LogP) is 2.12. The van der Waals surface area contributed by atoms with Crippen molar-refractivity contribution in [2.24, 2.45) is 5.73 Å². The summed E-state index contributed by atoms with van der Waals surface area (Å²) in [5.74, 6) is 0.832. The van der Waals surface area contributed by atoms with Crippen LogP contribution in [0.2, 0.25) is 0 Å². The molecule has 1 aliphatic heterocycles. The van der Waals surface area contributed by atoms with Crippen LogP contribution in [0, 0.1) is 0 Å². The molecule has 3 heterocycles. The lowest BCUT2D eigenvalue weighted by Gasteiger charge is -2.07. The molecule has 1 amide bonds. The average Bonchev–Trinajstić information content (AvgIpc) is 3.01. The molecule has 0 radical (unpaired) electrons. The van der Waals surface area contributed by atoms with Gasteiger partial charge in [-0.15, -0.1) is 0 Å². The molecule has 1 aliphatic rings. The molecule has 6 heteroatoms. The van der Waals surface area contributed by atoms with Crippen LogP contribution in [-0.4, -0.2) is 22.7 Å². The highest BCUT2D eigenvalue weighted by molar-refractivity contribution is 5.98. The van der Waals surface area contributed by atoms with E-state index >= 15 is 0 Å². The molecular formula is C16H11N3O3. The molecule has 0 saturated carbocycles. The molecule has 4 rings (SSSR count). The van der Waals surface area contributed by atoms with E-state index in [2.05, 4.69) is 9.97 Å². The molecule has 1 aromatic carbocycles. The number of nitrogens with zero attached hydrogens (tertiary/aromatic N) is 2. The Morgan fingerprint density at radius 1 is 1.09 bits per heavy atom. The maximum atomic E-state index is 11.4. The maximum absolute atomic E-state index is 11.4. The van der Waals surface area contributed by atoms with Crippen LogP contribution < -0.4 is 15.2 Å². The summed E-state index contributed by atoms with van der Waals surface area (Å²) in [6.45, 7) is 0.219. The van der Waals surface area contributed by atoms with Gasteiger partial charge in [-0.3, -0.25) is 9.78 Å². The van der Waals surface area contributed by atoms with Crippen molar-refractivity contribution in [1.82, 2.24) is 9.97 Å². The molecule has 2 aromatic heterocycles. The monoisotopic (exact) mass is 293 g/mol. The standard InChI is InChI=1S/C16H11N3O3/c17-16(20)12-3-1-10-6-18-7-11(15(10)19-12)9-2-4-13-14(5-9)22-8-21-13/h1-7H,8H2,(H2,17,20). The molecule has 0 unspecified atom stereocenters. The van der Waals surface area contributed by atoms with Crippen LogP contribution in [0.3, 0.4) is 0 Å². The van der Waals surface area contributed by atoms with Crippen LogP contribution in [0.15, 0.2) is 42.7 Å². The molecule has 0 atom stereocenters. The van der Waals surface area contributed by atoms with E-state index in [0.717, 1.165) is 16.5 Å². The van der Waals surface area contributed by atoms with E-state index in [0.29, 0.717) is 17.0 Å². The number of pyridine rings is 2. The second-order valence-corrected chi connectivity index (χ2v) is 4.89. The van der Waals surface area contributed by atoms with Gasteiger partial charge in [-0.25, -0.2) is 4.98 Å². The zero-order valence-corrected chi connectivity index (χ0v) is 11.4. The quantitative estimate of drug-likeness (QED) is 0.782. The molecule has 0 saturated heterocycles. The zero-order chi connectivity index (χ0) is 15.1. The van der Waals surface area contributed by atoms with Crippen LogP contribution in [0.4, 0.5) is 0 Å². The lowest BCUT2D eigenvalue weighted by Crippen LogP contribution is -2.12. The molecule has 108 valence electrons.